The Hall–Kier alpha value is -2.39. The number of carbonyl (C=O) groups excluding carboxylic acids is 1. The number of esters is 1. The molecule has 0 amide bonds. The molecule has 0 aromatic heterocycles. The Balaban J connectivity index is 1.45. The monoisotopic (exact) mass is 403 g/mol. The molecule has 0 unspecified atom stereocenters. The summed E-state index contributed by atoms with van der Waals surface area (Å²) in [7, 11) is 0. The number of nitrogens with zero attached hydrogens (tertiary/aromatic N) is 1. The van der Waals surface area contributed by atoms with Crippen LogP contribution in [0.4, 0.5) is 0 Å². The first-order valence-electron chi connectivity index (χ1n) is 11.5. The highest BCUT2D eigenvalue weighted by Gasteiger charge is 2.26. The lowest BCUT2D eigenvalue weighted by Gasteiger charge is -2.31. The molecule has 1 fully saturated rings. The number of ether oxygens (including phenoxy) is 1. The van der Waals surface area contributed by atoms with E-state index in [1.165, 1.54) is 27.8 Å². The molecular formula is C27H33NO2. The topological polar surface area (TPSA) is 29.5 Å². The fraction of sp³-hybridized carbons (Fsp3) is 0.444. The predicted molar refractivity (Wildman–Crippen MR) is 123 cm³/mol. The quantitative estimate of drug-likeness (QED) is 0.607. The summed E-state index contributed by atoms with van der Waals surface area (Å²) < 4.78 is 5.25. The van der Waals surface area contributed by atoms with Crippen LogP contribution in [0.25, 0.3) is 11.6 Å². The molecular weight excluding hydrogens is 370 g/mol. The molecule has 1 atom stereocenters. The molecule has 0 N–H and O–H groups in total. The molecule has 158 valence electrons. The van der Waals surface area contributed by atoms with Gasteiger partial charge in [-0.1, -0.05) is 54.6 Å². The number of hydrogen-bond donors (Lipinski definition) is 0. The molecule has 4 rings (SSSR count). The highest BCUT2D eigenvalue weighted by molar-refractivity contribution is 5.84. The smallest absolute Gasteiger partial charge is 0.310 e. The first-order valence-corrected chi connectivity index (χ1v) is 11.5. The zero-order chi connectivity index (χ0) is 20.8. The van der Waals surface area contributed by atoms with Crippen molar-refractivity contribution in [2.75, 3.05) is 26.2 Å². The molecule has 0 spiro atoms. The van der Waals surface area contributed by atoms with Gasteiger partial charge in [-0.2, -0.15) is 0 Å². The van der Waals surface area contributed by atoms with Gasteiger partial charge >= 0.3 is 5.97 Å². The van der Waals surface area contributed by atoms with Crippen LogP contribution in [0, 0.1) is 5.92 Å². The second-order valence-corrected chi connectivity index (χ2v) is 8.52. The van der Waals surface area contributed by atoms with Crippen molar-refractivity contribution in [2.24, 2.45) is 5.92 Å². The van der Waals surface area contributed by atoms with Crippen LogP contribution in [0.5, 0.6) is 0 Å². The van der Waals surface area contributed by atoms with Crippen molar-refractivity contribution in [3.63, 3.8) is 0 Å². The van der Waals surface area contributed by atoms with E-state index in [-0.39, 0.29) is 11.9 Å². The Morgan fingerprint density at radius 3 is 2.70 bits per heavy atom. The molecule has 1 heterocycles. The van der Waals surface area contributed by atoms with Gasteiger partial charge in [0.25, 0.3) is 0 Å². The van der Waals surface area contributed by atoms with E-state index >= 15 is 0 Å². The van der Waals surface area contributed by atoms with Gasteiger partial charge in [0, 0.05) is 6.54 Å². The minimum atomic E-state index is -0.0181. The Morgan fingerprint density at radius 2 is 1.83 bits per heavy atom. The summed E-state index contributed by atoms with van der Waals surface area (Å²) in [5.41, 5.74) is 7.12. The molecule has 0 saturated carbocycles. The molecule has 2 aliphatic rings. The highest BCUT2D eigenvalue weighted by atomic mass is 16.5. The van der Waals surface area contributed by atoms with Crippen molar-refractivity contribution in [2.45, 2.75) is 45.4 Å². The molecule has 1 saturated heterocycles. The third kappa shape index (κ3) is 5.02. The van der Waals surface area contributed by atoms with Gasteiger partial charge < -0.3 is 9.64 Å². The number of benzene rings is 2. The highest BCUT2D eigenvalue weighted by Crippen LogP contribution is 2.31. The Bertz CT molecular complexity index is 901. The first kappa shape index (κ1) is 20.9. The van der Waals surface area contributed by atoms with E-state index in [1.807, 2.05) is 6.92 Å². The molecule has 1 aliphatic heterocycles. The molecule has 1 aliphatic carbocycles. The first-order chi connectivity index (χ1) is 14.7. The average Bonchev–Trinajstić information content (AvgIpc) is 2.77. The van der Waals surface area contributed by atoms with Gasteiger partial charge in [-0.25, -0.2) is 0 Å². The maximum Gasteiger partial charge on any atom is 0.310 e. The number of rotatable bonds is 6. The number of allylic oxidation sites excluding steroid dienone is 1. The van der Waals surface area contributed by atoms with Crippen molar-refractivity contribution >= 4 is 17.6 Å². The normalized spacial score (nSPS) is 19.1. The van der Waals surface area contributed by atoms with Crippen molar-refractivity contribution in [3.05, 3.63) is 70.8 Å². The van der Waals surface area contributed by atoms with Gasteiger partial charge in [-0.05, 0) is 86.4 Å². The standard InChI is InChI=1S/C27H33NO2/c1-2-30-27(29)25-13-8-18-28(20-25)17-7-12-24-19-23-11-4-3-9-21(23)15-16-22-10-5-6-14-26(22)24/h3-6,9-11,14,19,25H,2,7-8,12-13,15-18,20H2,1H3/t25-/m1/s1. The number of piperidine rings is 1. The maximum absolute atomic E-state index is 12.1. The third-order valence-corrected chi connectivity index (χ3v) is 6.46. The number of hydrogen-bond acceptors (Lipinski definition) is 3. The van der Waals surface area contributed by atoms with Gasteiger partial charge in [0.05, 0.1) is 12.5 Å². The summed E-state index contributed by atoms with van der Waals surface area (Å²) in [4.78, 5) is 14.6. The van der Waals surface area contributed by atoms with Crippen LogP contribution in [0.1, 0.15) is 54.9 Å². The maximum atomic E-state index is 12.1. The number of fused-ring (bicyclic) bond motifs is 2. The zero-order valence-corrected chi connectivity index (χ0v) is 18.1. The Morgan fingerprint density at radius 1 is 1.07 bits per heavy atom. The summed E-state index contributed by atoms with van der Waals surface area (Å²) >= 11 is 0. The van der Waals surface area contributed by atoms with E-state index in [9.17, 15) is 4.79 Å². The largest absolute Gasteiger partial charge is 0.466 e. The number of carbonyl (C=O) groups is 1. The average molecular weight is 404 g/mol. The van der Waals surface area contributed by atoms with Gasteiger partial charge in [0.1, 0.15) is 0 Å². The molecule has 3 nitrogen and oxygen atoms in total. The fourth-order valence-electron chi connectivity index (χ4n) is 4.90. The van der Waals surface area contributed by atoms with Gasteiger partial charge in [-0.15, -0.1) is 0 Å². The summed E-state index contributed by atoms with van der Waals surface area (Å²) in [6.45, 7) is 5.34. The van der Waals surface area contributed by atoms with Crippen molar-refractivity contribution in [1.82, 2.24) is 4.90 Å². The van der Waals surface area contributed by atoms with Crippen LogP contribution in [0.15, 0.2) is 48.5 Å². The lowest BCUT2D eigenvalue weighted by molar-refractivity contribution is -0.149. The lowest BCUT2D eigenvalue weighted by Crippen LogP contribution is -2.39. The summed E-state index contributed by atoms with van der Waals surface area (Å²) in [5, 5.41) is 0. The zero-order valence-electron chi connectivity index (χ0n) is 18.1. The van der Waals surface area contributed by atoms with E-state index < -0.39 is 0 Å². The van der Waals surface area contributed by atoms with Gasteiger partial charge in [-0.3, -0.25) is 4.79 Å². The molecule has 3 heteroatoms. The third-order valence-electron chi connectivity index (χ3n) is 6.46. The number of aryl methyl sites for hydroxylation is 2. The molecule has 2 aromatic rings. The van der Waals surface area contributed by atoms with Crippen molar-refractivity contribution in [1.29, 1.82) is 0 Å². The van der Waals surface area contributed by atoms with Crippen LogP contribution in [0.3, 0.4) is 0 Å². The minimum Gasteiger partial charge on any atom is -0.466 e. The van der Waals surface area contributed by atoms with E-state index in [4.69, 9.17) is 4.74 Å². The van der Waals surface area contributed by atoms with E-state index in [2.05, 4.69) is 59.5 Å². The van der Waals surface area contributed by atoms with Crippen molar-refractivity contribution in [3.8, 4) is 0 Å². The van der Waals surface area contributed by atoms with Crippen LogP contribution in [0.2, 0.25) is 0 Å². The van der Waals surface area contributed by atoms with Crippen LogP contribution >= 0.6 is 0 Å². The van der Waals surface area contributed by atoms with Crippen LogP contribution in [-0.4, -0.2) is 37.1 Å². The predicted octanol–water partition coefficient (Wildman–Crippen LogP) is 5.38. The summed E-state index contributed by atoms with van der Waals surface area (Å²) in [5.74, 6) is 0.0300. The summed E-state index contributed by atoms with van der Waals surface area (Å²) in [6.07, 6.45) is 8.82. The van der Waals surface area contributed by atoms with E-state index in [0.29, 0.717) is 6.61 Å². The molecule has 0 radical (unpaired) electrons. The molecule has 2 aromatic carbocycles. The lowest BCUT2D eigenvalue weighted by atomic mass is 9.87. The number of likely N-dealkylation sites (tertiary alicyclic amines) is 1. The van der Waals surface area contributed by atoms with Crippen LogP contribution in [-0.2, 0) is 22.4 Å². The van der Waals surface area contributed by atoms with Crippen LogP contribution < -0.4 is 0 Å². The fourth-order valence-corrected chi connectivity index (χ4v) is 4.90. The van der Waals surface area contributed by atoms with Gasteiger partial charge in [0.2, 0.25) is 0 Å². The Kier molecular flexibility index (Phi) is 7.01. The molecule has 30 heavy (non-hydrogen) atoms. The van der Waals surface area contributed by atoms with Crippen molar-refractivity contribution < 1.29 is 9.53 Å². The minimum absolute atomic E-state index is 0.0181. The van der Waals surface area contributed by atoms with Gasteiger partial charge in [0.15, 0.2) is 0 Å². The summed E-state index contributed by atoms with van der Waals surface area (Å²) in [6, 6.07) is 17.7. The second-order valence-electron chi connectivity index (χ2n) is 8.52. The van der Waals surface area contributed by atoms with E-state index in [0.717, 1.165) is 58.2 Å². The molecule has 0 bridgehead atoms. The van der Waals surface area contributed by atoms with E-state index in [1.54, 1.807) is 0 Å². The second kappa shape index (κ2) is 10.1. The SMILES string of the molecule is CCOC(=O)[C@@H]1CCCN(CCCC2=Cc3ccccc3CCc3ccccc32)C1. The Labute approximate surface area is 180 Å².